The predicted octanol–water partition coefficient (Wildman–Crippen LogP) is 2.30. The first-order valence-corrected chi connectivity index (χ1v) is 2.58. The molecule has 0 heterocycles. The highest BCUT2D eigenvalue weighted by Crippen LogP contribution is 2.02. The van der Waals surface area contributed by atoms with Crippen LogP contribution in [0, 0.1) is 13.8 Å². The summed E-state index contributed by atoms with van der Waals surface area (Å²) in [6, 6.07) is 7.03. The maximum absolute atomic E-state index is 7.15. The van der Waals surface area contributed by atoms with E-state index in [2.05, 4.69) is 0 Å². The largest absolute Gasteiger partial charge is 0.0620 e. The highest BCUT2D eigenvalue weighted by atomic mass is 13.9. The first kappa shape index (κ1) is 2.67. The number of hydrogen-bond donors (Lipinski definition) is 0. The molecule has 0 spiro atoms. The lowest BCUT2D eigenvalue weighted by Gasteiger charge is -1.93. The van der Waals surface area contributed by atoms with Crippen molar-refractivity contribution in [3.63, 3.8) is 0 Å². The Morgan fingerprint density at radius 2 is 1.88 bits per heavy atom. The van der Waals surface area contributed by atoms with Crippen LogP contribution in [-0.4, -0.2) is 0 Å². The van der Waals surface area contributed by atoms with Crippen LogP contribution in [0.3, 0.4) is 0 Å². The Kier molecular flexibility index (Phi) is 0.666. The Morgan fingerprint density at radius 3 is 2.25 bits per heavy atom. The van der Waals surface area contributed by atoms with Crippen LogP contribution in [0.15, 0.2) is 24.3 Å². The molecule has 0 N–H and O–H groups in total. The van der Waals surface area contributed by atoms with Crippen molar-refractivity contribution < 1.29 is 4.11 Å². The molecule has 0 saturated heterocycles. The van der Waals surface area contributed by atoms with E-state index in [0.29, 0.717) is 5.56 Å². The summed E-state index contributed by atoms with van der Waals surface area (Å²) in [5.74, 6) is 0. The molecule has 0 heteroatoms. The van der Waals surface area contributed by atoms with Crippen LogP contribution in [0.5, 0.6) is 0 Å². The Bertz CT molecular complexity index is 250. The molecule has 0 nitrogen and oxygen atoms in total. The van der Waals surface area contributed by atoms with Crippen molar-refractivity contribution in [2.24, 2.45) is 0 Å². The van der Waals surface area contributed by atoms with Gasteiger partial charge in [-0.25, -0.2) is 0 Å². The third kappa shape index (κ3) is 0.890. The van der Waals surface area contributed by atoms with Gasteiger partial charge in [0.1, 0.15) is 0 Å². The van der Waals surface area contributed by atoms with Crippen LogP contribution in [0.2, 0.25) is 0 Å². The van der Waals surface area contributed by atoms with Gasteiger partial charge in [-0.05, 0) is 24.9 Å². The summed E-state index contributed by atoms with van der Waals surface area (Å²) in [6.45, 7) is -0.160. The maximum Gasteiger partial charge on any atom is 0.0280 e. The van der Waals surface area contributed by atoms with Gasteiger partial charge in [0, 0.05) is 4.11 Å². The van der Waals surface area contributed by atoms with Gasteiger partial charge in [-0.15, -0.1) is 0 Å². The van der Waals surface area contributed by atoms with E-state index >= 15 is 0 Å². The van der Waals surface area contributed by atoms with Gasteiger partial charge in [0.15, 0.2) is 0 Å². The third-order valence-electron chi connectivity index (χ3n) is 1.15. The van der Waals surface area contributed by atoms with Crippen LogP contribution in [0.4, 0.5) is 0 Å². The van der Waals surface area contributed by atoms with Gasteiger partial charge in [-0.3, -0.25) is 0 Å². The highest BCUT2D eigenvalue weighted by Gasteiger charge is 1.83. The fraction of sp³-hybridized carbons (Fsp3) is 0.250. The summed E-state index contributed by atoms with van der Waals surface area (Å²) < 4.78 is 21.4. The smallest absolute Gasteiger partial charge is 0.0280 e. The summed E-state index contributed by atoms with van der Waals surface area (Å²) in [5, 5.41) is 0. The van der Waals surface area contributed by atoms with Crippen molar-refractivity contribution in [3.05, 3.63) is 35.4 Å². The molecule has 0 aliphatic rings. The second-order valence-corrected chi connectivity index (χ2v) is 1.81. The molecule has 0 amide bonds. The molecule has 42 valence electrons. The SMILES string of the molecule is [2H]C([2H])([2H])c1ccccc1C. The summed E-state index contributed by atoms with van der Waals surface area (Å²) >= 11 is 0. The predicted molar refractivity (Wildman–Crippen MR) is 35.9 cm³/mol. The number of hydrogen-bond acceptors (Lipinski definition) is 0. The summed E-state index contributed by atoms with van der Waals surface area (Å²) in [4.78, 5) is 0. The van der Waals surface area contributed by atoms with Crippen LogP contribution < -0.4 is 0 Å². The zero-order valence-electron chi connectivity index (χ0n) is 7.81. The molecule has 0 aliphatic heterocycles. The molecule has 0 atom stereocenters. The van der Waals surface area contributed by atoms with Crippen molar-refractivity contribution in [2.45, 2.75) is 13.8 Å². The maximum atomic E-state index is 7.15. The average Bonchev–Trinajstić information content (AvgIpc) is 1.86. The molecule has 0 radical (unpaired) electrons. The third-order valence-corrected chi connectivity index (χ3v) is 1.15. The number of rotatable bonds is 0. The minimum atomic E-state index is -1.97. The Hall–Kier alpha value is -0.780. The topological polar surface area (TPSA) is 0 Å². The van der Waals surface area contributed by atoms with E-state index < -0.39 is 6.85 Å². The quantitative estimate of drug-likeness (QED) is 0.479. The Morgan fingerprint density at radius 1 is 1.25 bits per heavy atom. The van der Waals surface area contributed by atoms with E-state index in [-0.39, 0.29) is 0 Å². The number of aryl methyl sites for hydroxylation is 2. The molecule has 1 aromatic rings. The molecule has 8 heavy (non-hydrogen) atoms. The summed E-state index contributed by atoms with van der Waals surface area (Å²) in [7, 11) is 0. The lowest BCUT2D eigenvalue weighted by molar-refractivity contribution is 1.34. The van der Waals surface area contributed by atoms with E-state index in [1.54, 1.807) is 12.1 Å². The second kappa shape index (κ2) is 1.99. The second-order valence-electron chi connectivity index (χ2n) is 1.81. The minimum Gasteiger partial charge on any atom is -0.0620 e. The fourth-order valence-electron chi connectivity index (χ4n) is 0.573. The Labute approximate surface area is 54.4 Å². The van der Waals surface area contributed by atoms with Gasteiger partial charge in [0.25, 0.3) is 0 Å². The number of benzene rings is 1. The zero-order chi connectivity index (χ0) is 8.48. The van der Waals surface area contributed by atoms with Gasteiger partial charge >= 0.3 is 0 Å². The first-order chi connectivity index (χ1) is 5.02. The van der Waals surface area contributed by atoms with Crippen LogP contribution in [0.1, 0.15) is 15.2 Å². The highest BCUT2D eigenvalue weighted by molar-refractivity contribution is 5.23. The molecule has 0 saturated carbocycles. The average molecular weight is 109 g/mol. The van der Waals surface area contributed by atoms with Gasteiger partial charge < -0.3 is 0 Å². The summed E-state index contributed by atoms with van der Waals surface area (Å²) in [6.07, 6.45) is 0. The van der Waals surface area contributed by atoms with Gasteiger partial charge in [-0.2, -0.15) is 0 Å². The fourth-order valence-corrected chi connectivity index (χ4v) is 0.573. The summed E-state index contributed by atoms with van der Waals surface area (Å²) in [5.41, 5.74) is 1.27. The van der Waals surface area contributed by atoms with Crippen LogP contribution in [0.25, 0.3) is 0 Å². The van der Waals surface area contributed by atoms with E-state index in [9.17, 15) is 0 Å². The van der Waals surface area contributed by atoms with Crippen molar-refractivity contribution >= 4 is 0 Å². The Balaban J connectivity index is 3.14. The van der Waals surface area contributed by atoms with E-state index in [4.69, 9.17) is 4.11 Å². The van der Waals surface area contributed by atoms with Gasteiger partial charge in [-0.1, -0.05) is 24.3 Å². The van der Waals surface area contributed by atoms with E-state index in [1.807, 2.05) is 19.1 Å². The van der Waals surface area contributed by atoms with Crippen LogP contribution >= 0.6 is 0 Å². The molecular formula is C8H10. The molecular weight excluding hydrogens is 96.1 g/mol. The van der Waals surface area contributed by atoms with E-state index in [0.717, 1.165) is 5.56 Å². The van der Waals surface area contributed by atoms with Crippen molar-refractivity contribution in [3.8, 4) is 0 Å². The van der Waals surface area contributed by atoms with Gasteiger partial charge in [0.2, 0.25) is 0 Å². The molecule has 0 fully saturated rings. The molecule has 0 aliphatic carbocycles. The van der Waals surface area contributed by atoms with Gasteiger partial charge in [0.05, 0.1) is 0 Å². The molecule has 1 rings (SSSR count). The zero-order valence-corrected chi connectivity index (χ0v) is 4.81. The van der Waals surface area contributed by atoms with E-state index in [1.165, 1.54) is 0 Å². The lowest BCUT2D eigenvalue weighted by Crippen LogP contribution is -1.74. The van der Waals surface area contributed by atoms with Crippen LogP contribution in [-0.2, 0) is 0 Å². The standard InChI is InChI=1S/C8H10/c1-7-5-3-4-6-8(7)2/h3-6H,1-2H3/i1D3. The first-order valence-electron chi connectivity index (χ1n) is 4.08. The van der Waals surface area contributed by atoms with Crippen molar-refractivity contribution in [1.29, 1.82) is 0 Å². The monoisotopic (exact) mass is 109 g/mol. The lowest BCUT2D eigenvalue weighted by atomic mass is 10.1. The van der Waals surface area contributed by atoms with Crippen molar-refractivity contribution in [1.82, 2.24) is 0 Å². The normalized spacial score (nSPS) is 16.4. The molecule has 0 bridgehead atoms. The minimum absolute atomic E-state index is 0.444. The van der Waals surface area contributed by atoms with Crippen molar-refractivity contribution in [2.75, 3.05) is 0 Å². The molecule has 1 aromatic carbocycles. The molecule has 0 unspecified atom stereocenters. The molecule has 0 aromatic heterocycles.